The van der Waals surface area contributed by atoms with Crippen LogP contribution in [0.5, 0.6) is 11.6 Å². The number of hydrogen-bond acceptors (Lipinski definition) is 7. The van der Waals surface area contributed by atoms with Crippen LogP contribution in [0.1, 0.15) is 69.8 Å². The molecule has 0 amide bonds. The minimum atomic E-state index is -2.19. The van der Waals surface area contributed by atoms with Gasteiger partial charge in [0.05, 0.1) is 37.3 Å². The average Bonchev–Trinajstić information content (AvgIpc) is 3.54. The lowest BCUT2D eigenvalue weighted by atomic mass is 10.2. The monoisotopic (exact) mass is 639 g/mol. The molecule has 0 bridgehead atoms. The summed E-state index contributed by atoms with van der Waals surface area (Å²) in [6.07, 6.45) is 3.32. The molecule has 0 fully saturated rings. The van der Waals surface area contributed by atoms with Gasteiger partial charge < -0.3 is 18.5 Å². The van der Waals surface area contributed by atoms with Gasteiger partial charge in [-0.15, -0.1) is 0 Å². The largest absolute Gasteiger partial charge is 0.543 e. The van der Waals surface area contributed by atoms with E-state index in [0.29, 0.717) is 17.9 Å². The summed E-state index contributed by atoms with van der Waals surface area (Å²) < 4.78 is 23.0. The molecule has 240 valence electrons. The molecule has 0 spiro atoms. The van der Waals surface area contributed by atoms with Crippen molar-refractivity contribution in [3.8, 4) is 17.3 Å². The second-order valence-corrected chi connectivity index (χ2v) is 24.3. The summed E-state index contributed by atoms with van der Waals surface area (Å²) in [5, 5.41) is 20.1. The SMILES string of the molecule is Cc1noc(C)c1Cn1cc(-n2c(O)c(CO[Si](C)(C)C(C)(C)C)n(Cc3cccc(O[Si](C)(C)C(C)(C)C)c3)c2=O)cn1. The molecule has 4 aromatic rings. The molecule has 12 heteroatoms. The molecule has 10 nitrogen and oxygen atoms in total. The first kappa shape index (κ1) is 33.5. The molecule has 0 aliphatic rings. The molecule has 4 rings (SSSR count). The van der Waals surface area contributed by atoms with E-state index in [4.69, 9.17) is 13.4 Å². The summed E-state index contributed by atoms with van der Waals surface area (Å²) in [5.41, 5.74) is 3.12. The number of aromatic nitrogens is 5. The van der Waals surface area contributed by atoms with Crippen LogP contribution < -0.4 is 10.1 Å². The van der Waals surface area contributed by atoms with Crippen LogP contribution in [-0.4, -0.2) is 45.8 Å². The lowest BCUT2D eigenvalue weighted by Gasteiger charge is -2.36. The number of aryl methyl sites for hydroxylation is 2. The van der Waals surface area contributed by atoms with Gasteiger partial charge >= 0.3 is 5.69 Å². The molecular formula is C32H49N5O5Si2. The van der Waals surface area contributed by atoms with Gasteiger partial charge in [0.1, 0.15) is 17.2 Å². The Kier molecular flexibility index (Phi) is 9.04. The van der Waals surface area contributed by atoms with E-state index in [9.17, 15) is 9.90 Å². The number of benzene rings is 1. The molecule has 0 saturated carbocycles. The first-order valence-corrected chi connectivity index (χ1v) is 20.9. The number of rotatable bonds is 10. The Hall–Kier alpha value is -3.36. The Bertz CT molecular complexity index is 1660. The highest BCUT2D eigenvalue weighted by atomic mass is 28.4. The standard InChI is InChI=1S/C32H49N5O5Si2/c1-22-27(23(2)41-34-22)20-35-19-25(17-33-35)37-29(38)28(21-40-43(9,10)31(3,4)5)36(30(37)39)18-24-14-13-15-26(16-24)42-44(11,12)32(6,7)8/h13-17,19,38H,18,20-21H2,1-12H3. The summed E-state index contributed by atoms with van der Waals surface area (Å²) in [6.45, 7) is 26.4. The van der Waals surface area contributed by atoms with E-state index in [2.05, 4.69) is 78.0 Å². The second-order valence-electron chi connectivity index (χ2n) is 14.7. The topological polar surface area (TPSA) is 109 Å². The number of aromatic hydroxyl groups is 1. The average molecular weight is 640 g/mol. The third kappa shape index (κ3) is 6.81. The second kappa shape index (κ2) is 11.9. The Morgan fingerprint density at radius 1 is 0.977 bits per heavy atom. The molecule has 0 aliphatic heterocycles. The fourth-order valence-electron chi connectivity index (χ4n) is 4.36. The van der Waals surface area contributed by atoms with Crippen LogP contribution in [0.15, 0.2) is 46.0 Å². The molecule has 0 radical (unpaired) electrons. The van der Waals surface area contributed by atoms with E-state index in [1.807, 2.05) is 38.1 Å². The van der Waals surface area contributed by atoms with E-state index in [1.54, 1.807) is 21.6 Å². The normalized spacial score (nSPS) is 13.1. The van der Waals surface area contributed by atoms with Crippen molar-refractivity contribution in [2.24, 2.45) is 0 Å². The molecule has 0 aliphatic carbocycles. The molecule has 3 aromatic heterocycles. The first-order chi connectivity index (χ1) is 20.2. The van der Waals surface area contributed by atoms with Gasteiger partial charge in [0.2, 0.25) is 14.2 Å². The fraction of sp³-hybridized carbons (Fsp3) is 0.531. The van der Waals surface area contributed by atoms with E-state index in [0.717, 1.165) is 28.3 Å². The highest BCUT2D eigenvalue weighted by Gasteiger charge is 2.39. The van der Waals surface area contributed by atoms with E-state index < -0.39 is 16.6 Å². The van der Waals surface area contributed by atoms with Gasteiger partial charge in [0, 0.05) is 11.8 Å². The summed E-state index contributed by atoms with van der Waals surface area (Å²) >= 11 is 0. The molecule has 0 saturated heterocycles. The van der Waals surface area contributed by atoms with Crippen LogP contribution in [0.3, 0.4) is 0 Å². The maximum atomic E-state index is 14.1. The van der Waals surface area contributed by atoms with E-state index >= 15 is 0 Å². The predicted molar refractivity (Wildman–Crippen MR) is 178 cm³/mol. The lowest BCUT2D eigenvalue weighted by molar-refractivity contribution is 0.260. The smallest absolute Gasteiger partial charge is 0.336 e. The van der Waals surface area contributed by atoms with Gasteiger partial charge in [-0.25, -0.2) is 9.36 Å². The molecule has 0 atom stereocenters. The highest BCUT2D eigenvalue weighted by molar-refractivity contribution is 6.75. The van der Waals surface area contributed by atoms with Crippen LogP contribution >= 0.6 is 0 Å². The van der Waals surface area contributed by atoms with Crippen molar-refractivity contribution in [3.05, 3.63) is 75.4 Å². The number of hydrogen-bond donors (Lipinski definition) is 1. The van der Waals surface area contributed by atoms with Crippen molar-refractivity contribution in [2.75, 3.05) is 0 Å². The van der Waals surface area contributed by atoms with Gasteiger partial charge in [-0.2, -0.15) is 5.10 Å². The van der Waals surface area contributed by atoms with Crippen molar-refractivity contribution >= 4 is 16.6 Å². The maximum absolute atomic E-state index is 14.1. The van der Waals surface area contributed by atoms with Crippen LogP contribution in [0, 0.1) is 13.8 Å². The molecule has 3 heterocycles. The van der Waals surface area contributed by atoms with E-state index in [-0.39, 0.29) is 34.8 Å². The van der Waals surface area contributed by atoms with Crippen molar-refractivity contribution in [3.63, 3.8) is 0 Å². The van der Waals surface area contributed by atoms with Gasteiger partial charge in [-0.05, 0) is 67.8 Å². The molecule has 1 N–H and O–H groups in total. The highest BCUT2D eigenvalue weighted by Crippen LogP contribution is 2.39. The van der Waals surface area contributed by atoms with Crippen LogP contribution in [0.2, 0.25) is 36.3 Å². The minimum absolute atomic E-state index is 0.0366. The van der Waals surface area contributed by atoms with Gasteiger partial charge in [0.25, 0.3) is 0 Å². The Labute approximate surface area is 262 Å². The summed E-state index contributed by atoms with van der Waals surface area (Å²) in [7, 11) is -4.25. The van der Waals surface area contributed by atoms with Gasteiger partial charge in [0.15, 0.2) is 8.32 Å². The Morgan fingerprint density at radius 2 is 1.64 bits per heavy atom. The maximum Gasteiger partial charge on any atom is 0.336 e. The summed E-state index contributed by atoms with van der Waals surface area (Å²) in [4.78, 5) is 14.1. The van der Waals surface area contributed by atoms with Gasteiger partial charge in [-0.1, -0.05) is 58.8 Å². The zero-order chi connectivity index (χ0) is 32.8. The van der Waals surface area contributed by atoms with Crippen LogP contribution in [-0.2, 0) is 24.1 Å². The zero-order valence-electron chi connectivity index (χ0n) is 28.4. The molecule has 44 heavy (non-hydrogen) atoms. The molecular weight excluding hydrogens is 591 g/mol. The van der Waals surface area contributed by atoms with E-state index in [1.165, 1.54) is 4.57 Å². The van der Waals surface area contributed by atoms with Crippen molar-refractivity contribution in [1.82, 2.24) is 24.1 Å². The first-order valence-electron chi connectivity index (χ1n) is 15.1. The summed E-state index contributed by atoms with van der Waals surface area (Å²) in [5.74, 6) is 1.35. The third-order valence-corrected chi connectivity index (χ3v) is 18.2. The quantitative estimate of drug-likeness (QED) is 0.184. The Morgan fingerprint density at radius 3 is 2.23 bits per heavy atom. The van der Waals surface area contributed by atoms with Crippen molar-refractivity contribution in [2.45, 2.75) is 111 Å². The van der Waals surface area contributed by atoms with Crippen LogP contribution in [0.25, 0.3) is 5.69 Å². The molecule has 1 aromatic carbocycles. The summed E-state index contributed by atoms with van der Waals surface area (Å²) in [6, 6.07) is 7.87. The van der Waals surface area contributed by atoms with Gasteiger partial charge in [-0.3, -0.25) is 9.25 Å². The van der Waals surface area contributed by atoms with Crippen LogP contribution in [0.4, 0.5) is 0 Å². The van der Waals surface area contributed by atoms with Crippen molar-refractivity contribution < 1.29 is 18.5 Å². The fourth-order valence-corrected chi connectivity index (χ4v) is 6.31. The zero-order valence-corrected chi connectivity index (χ0v) is 30.4. The number of imidazole rings is 1. The van der Waals surface area contributed by atoms with Crippen molar-refractivity contribution in [1.29, 1.82) is 0 Å². The Balaban J connectivity index is 1.73. The lowest BCUT2D eigenvalue weighted by Crippen LogP contribution is -2.43. The minimum Gasteiger partial charge on any atom is -0.543 e. The number of nitrogens with zero attached hydrogens (tertiary/aromatic N) is 5. The molecule has 0 unspecified atom stereocenters. The predicted octanol–water partition coefficient (Wildman–Crippen LogP) is 7.15. The third-order valence-electron chi connectivity index (χ3n) is 9.39.